The van der Waals surface area contributed by atoms with Crippen molar-refractivity contribution in [3.05, 3.63) is 65.4 Å². The molecular formula is C68H97N13O20S2. The third-order valence-electron chi connectivity index (χ3n) is 20.6. The van der Waals surface area contributed by atoms with Gasteiger partial charge in [-0.05, 0) is 113 Å². The fourth-order valence-electron chi connectivity index (χ4n) is 14.3. The first-order valence-corrected chi connectivity index (χ1v) is 37.6. The number of phenolic OH excluding ortho intramolecular Hbond substituents is 1. The van der Waals surface area contributed by atoms with Crippen LogP contribution in [0.15, 0.2) is 54.9 Å². The van der Waals surface area contributed by atoms with Crippen LogP contribution in [-0.4, -0.2) is 287 Å². The van der Waals surface area contributed by atoms with Crippen molar-refractivity contribution >= 4 is 63.1 Å². The number of fused-ring (bicyclic) bond motifs is 2. The molecule has 6 heterocycles. The first-order chi connectivity index (χ1) is 49.2. The van der Waals surface area contributed by atoms with Gasteiger partial charge in [0.2, 0.25) is 41.4 Å². The molecule has 0 bridgehead atoms. The molecule has 33 nitrogen and oxygen atoms in total. The van der Waals surface area contributed by atoms with Crippen molar-refractivity contribution in [2.24, 2.45) is 17.8 Å². The van der Waals surface area contributed by atoms with Crippen LogP contribution >= 0.6 is 11.3 Å². The minimum atomic E-state index is -5.23. The number of β-amino-alcohol motifs (C(OH)–C–C–N with tert-alkyl or cyclic N) is 1. The Morgan fingerprint density at radius 2 is 1.38 bits per heavy atom. The summed E-state index contributed by atoms with van der Waals surface area (Å²) in [6, 6.07) is 0.0946. The molecule has 10 rings (SSSR count). The number of aliphatic hydroxyl groups is 8. The summed E-state index contributed by atoms with van der Waals surface area (Å²) in [6.45, 7) is 3.18. The number of rotatable bonds is 24. The first-order valence-electron chi connectivity index (χ1n) is 35.4. The summed E-state index contributed by atoms with van der Waals surface area (Å²) in [6.07, 6.45) is 0.325. The fourth-order valence-corrected chi connectivity index (χ4v) is 15.7. The molecule has 4 aromatic rings. The lowest BCUT2D eigenvalue weighted by molar-refractivity contribution is -0.147. The van der Waals surface area contributed by atoms with Crippen molar-refractivity contribution in [2.45, 2.75) is 182 Å². The van der Waals surface area contributed by atoms with Crippen molar-refractivity contribution in [2.75, 3.05) is 83.6 Å². The van der Waals surface area contributed by atoms with E-state index in [4.69, 9.17) is 14.7 Å². The highest BCUT2D eigenvalue weighted by molar-refractivity contribution is 7.81. The number of hydrogen-bond donors (Lipinski definition) is 15. The zero-order valence-electron chi connectivity index (χ0n) is 57.6. The Morgan fingerprint density at radius 3 is 2.03 bits per heavy atom. The highest BCUT2D eigenvalue weighted by Gasteiger charge is 2.50. The van der Waals surface area contributed by atoms with E-state index in [1.165, 1.54) is 49.3 Å². The summed E-state index contributed by atoms with van der Waals surface area (Å²) in [5.74, 6) is -7.65. The van der Waals surface area contributed by atoms with E-state index >= 15 is 4.79 Å². The van der Waals surface area contributed by atoms with Gasteiger partial charge in [-0.3, -0.25) is 38.2 Å². The number of hydrogen-bond acceptors (Lipinski definition) is 27. The van der Waals surface area contributed by atoms with E-state index < -0.39 is 168 Å². The molecule has 2 aromatic carbocycles. The molecule has 103 heavy (non-hydrogen) atoms. The summed E-state index contributed by atoms with van der Waals surface area (Å²) in [5, 5.41) is 124. The average molecular weight is 1480 g/mol. The number of aromatic nitrogens is 4. The number of piperidine rings is 1. The Bertz CT molecular complexity index is 3630. The maximum atomic E-state index is 15.1. The lowest BCUT2D eigenvalue weighted by Gasteiger charge is -2.34. The van der Waals surface area contributed by atoms with Crippen molar-refractivity contribution in [1.82, 2.24) is 61.4 Å². The van der Waals surface area contributed by atoms with Gasteiger partial charge in [0.25, 0.3) is 0 Å². The van der Waals surface area contributed by atoms with Crippen molar-refractivity contribution in [3.8, 4) is 33.2 Å². The van der Waals surface area contributed by atoms with Gasteiger partial charge in [-0.2, -0.15) is 8.42 Å². The van der Waals surface area contributed by atoms with Crippen LogP contribution in [0.1, 0.15) is 107 Å². The molecule has 13 atom stereocenters. The van der Waals surface area contributed by atoms with E-state index in [9.17, 15) is 82.9 Å². The lowest BCUT2D eigenvalue weighted by atomic mass is 9.82. The molecular weight excluding hydrogens is 1380 g/mol. The Hall–Kier alpha value is -7.23. The number of nitrogens with one attached hydrogen (secondary N) is 5. The lowest BCUT2D eigenvalue weighted by Crippen LogP contribution is -2.64. The van der Waals surface area contributed by atoms with Gasteiger partial charge in [0.15, 0.2) is 11.5 Å². The molecule has 0 spiro atoms. The van der Waals surface area contributed by atoms with Crippen LogP contribution in [0.3, 0.4) is 0 Å². The predicted molar refractivity (Wildman–Crippen MR) is 371 cm³/mol. The van der Waals surface area contributed by atoms with Gasteiger partial charge in [0, 0.05) is 107 Å². The largest absolute Gasteiger partial charge is 0.504 e. The molecule has 566 valence electrons. The normalized spacial score (nSPS) is 27.9. The minimum absolute atomic E-state index is 0.00354. The van der Waals surface area contributed by atoms with Crippen molar-refractivity contribution < 1.29 is 96.6 Å². The number of anilines is 1. The molecule has 4 aliphatic heterocycles. The summed E-state index contributed by atoms with van der Waals surface area (Å²) >= 11 is 1.51. The Morgan fingerprint density at radius 1 is 0.718 bits per heavy atom. The number of nitrogens with zero attached hydrogens (tertiary/aromatic N) is 8. The van der Waals surface area contributed by atoms with Gasteiger partial charge in [0.05, 0.1) is 62.0 Å². The van der Waals surface area contributed by atoms with E-state index in [1.54, 1.807) is 0 Å². The number of ether oxygens (including phenoxy) is 1. The molecule has 2 aliphatic carbocycles. The van der Waals surface area contributed by atoms with E-state index in [0.717, 1.165) is 106 Å². The van der Waals surface area contributed by atoms with Gasteiger partial charge in [0.1, 0.15) is 40.2 Å². The standard InChI is InChI=1S/C68H97N13O20S2/c1-37-34-81-58(59(37)90)63(94)70-33-46(85)28-49(69-30-39-6-9-43(10-7-39)64-76-77-65(102-64)44-13-11-42(12-14-44)45-31-71-68(72-32-45)79-20-16-48(17-21-79)100-36-40-4-3-5-40)60(91)73-55(38(2)84)66(95)80-35-47(86)29-50(80)61(92)74-56(53(89)26-41-8-15-51(87)54(27-41)101-103(97,98)99)62(93)75-57(67(81)96)52(88)18-19-78(22-24-82)23-25-83/h8,11-15,27,31-32,37-40,43,46-50,52-53,55-59,69,82-90H,3-7,9-10,16-26,28-30,33-36H2,1-2H3,(H,70,94)(H,73,91)(H,74,92)(H,75,93)(H,97,98,99)/t37-,38+,39-,43-,46+,47+,49-,50-,52+,53+,55-,56-,57-,58-,59-/m0/s1. The van der Waals surface area contributed by atoms with Crippen LogP contribution in [0.25, 0.3) is 21.7 Å². The zero-order valence-corrected chi connectivity index (χ0v) is 59.3. The average Bonchev–Trinajstić information content (AvgIpc) is 1.68. The molecule has 2 saturated carbocycles. The maximum Gasteiger partial charge on any atom is 0.446 e. The number of aromatic hydroxyl groups is 1. The van der Waals surface area contributed by atoms with Crippen LogP contribution in [0.5, 0.6) is 11.5 Å². The quantitative estimate of drug-likeness (QED) is 0.0341. The summed E-state index contributed by atoms with van der Waals surface area (Å²) in [4.78, 5) is 104. The van der Waals surface area contributed by atoms with Gasteiger partial charge in [-0.25, -0.2) is 9.97 Å². The third kappa shape index (κ3) is 20.4. The van der Waals surface area contributed by atoms with E-state index in [0.29, 0.717) is 18.8 Å². The second-order valence-electron chi connectivity index (χ2n) is 28.2. The molecule has 6 amide bonds. The van der Waals surface area contributed by atoms with Crippen LogP contribution in [0, 0.1) is 17.8 Å². The topological polar surface area (TPSA) is 482 Å². The highest BCUT2D eigenvalue weighted by atomic mass is 32.3. The highest BCUT2D eigenvalue weighted by Crippen LogP contribution is 2.40. The minimum Gasteiger partial charge on any atom is -0.504 e. The maximum absolute atomic E-state index is 15.1. The summed E-state index contributed by atoms with van der Waals surface area (Å²) in [7, 11) is -5.23. The van der Waals surface area contributed by atoms with Gasteiger partial charge in [-0.1, -0.05) is 55.0 Å². The molecule has 15 N–H and O–H groups in total. The molecule has 6 fully saturated rings. The number of aliphatic hydroxyl groups excluding tert-OH is 8. The van der Waals surface area contributed by atoms with Crippen molar-refractivity contribution in [3.63, 3.8) is 0 Å². The fraction of sp³-hybridized carbons (Fsp3) is 0.647. The number of carbonyl (C=O) groups excluding carboxylic acids is 6. The summed E-state index contributed by atoms with van der Waals surface area (Å²) in [5.41, 5.74) is 2.66. The van der Waals surface area contributed by atoms with Crippen LogP contribution in [0.4, 0.5) is 5.95 Å². The molecule has 0 radical (unpaired) electrons. The first kappa shape index (κ1) is 78.4. The van der Waals surface area contributed by atoms with Gasteiger partial charge in [-0.15, -0.1) is 10.2 Å². The third-order valence-corrected chi connectivity index (χ3v) is 22.1. The molecule has 2 aromatic heterocycles. The SMILES string of the molecule is C[C@@H](O)[C@@H]1NC(=O)[C@@H](NC[C@H]2CC[C@H](c3nnc(-c4ccc(-c5cnc(N6CCC(OCC7CCC7)CC6)nc5)cc4)s3)CC2)C[C@@H](O)CNC(=O)[C@@H]2[C@@H](O)[C@@H](C)CN2C(=O)[C@H]([C@H](O)CCN(CCO)CCO)NC(=O)[C@H]([C@H](O)Cc2ccc(O)c(OS(=O)(=O)O)c2)NC(=O)[C@@H]2C[C@@H](O)CN2C1=O. The van der Waals surface area contributed by atoms with Crippen LogP contribution < -0.4 is 35.7 Å². The smallest absolute Gasteiger partial charge is 0.446 e. The molecule has 35 heteroatoms. The molecule has 4 saturated heterocycles. The monoisotopic (exact) mass is 1480 g/mol. The Balaban J connectivity index is 0.843. The van der Waals surface area contributed by atoms with Gasteiger partial charge >= 0.3 is 10.4 Å². The number of phenols is 1. The number of amides is 6. The van der Waals surface area contributed by atoms with Gasteiger partial charge < -0.3 is 96.2 Å². The predicted octanol–water partition coefficient (Wildman–Crippen LogP) is -1.91. The zero-order chi connectivity index (χ0) is 73.8. The second-order valence-corrected chi connectivity index (χ2v) is 30.2. The number of carbonyl (C=O) groups is 6. The van der Waals surface area contributed by atoms with Crippen LogP contribution in [-0.2, 0) is 50.3 Å². The second kappa shape index (κ2) is 35.7. The number of benzene rings is 2. The van der Waals surface area contributed by atoms with E-state index in [-0.39, 0.29) is 75.9 Å². The van der Waals surface area contributed by atoms with Crippen LogP contribution in [0.2, 0.25) is 0 Å². The Labute approximate surface area is 600 Å². The van der Waals surface area contributed by atoms with E-state index in [1.807, 2.05) is 36.7 Å². The Kier molecular flexibility index (Phi) is 27.2. The summed E-state index contributed by atoms with van der Waals surface area (Å²) < 4.78 is 43.4. The van der Waals surface area contributed by atoms with Crippen molar-refractivity contribution in [1.29, 1.82) is 0 Å². The van der Waals surface area contributed by atoms with E-state index in [2.05, 4.69) is 45.9 Å². The molecule has 0 unspecified atom stereocenters. The molecule has 6 aliphatic rings.